The van der Waals surface area contributed by atoms with Crippen LogP contribution in [0.3, 0.4) is 0 Å². The number of halogens is 3. The molecule has 14 heavy (non-hydrogen) atoms. The molecule has 1 saturated carbocycles. The Balaban J connectivity index is 2.35. The lowest BCUT2D eigenvalue weighted by Gasteiger charge is -2.12. The first-order valence-corrected chi connectivity index (χ1v) is 5.60. The van der Waals surface area contributed by atoms with E-state index in [2.05, 4.69) is 15.9 Å². The minimum Gasteiger partial charge on any atom is -0.325 e. The van der Waals surface area contributed by atoms with Crippen molar-refractivity contribution in [1.29, 1.82) is 0 Å². The molecule has 2 N–H and O–H groups in total. The monoisotopic (exact) mass is 277 g/mol. The number of rotatable bonds is 2. The fourth-order valence-electron chi connectivity index (χ4n) is 1.42. The molecule has 0 saturated heterocycles. The molecule has 0 aliphatic heterocycles. The van der Waals surface area contributed by atoms with Gasteiger partial charge in [-0.15, -0.1) is 0 Å². The maximum Gasteiger partial charge on any atom is 0.146 e. The predicted octanol–water partition coefficient (Wildman–Crippen LogP) is 3.28. The van der Waals surface area contributed by atoms with E-state index in [0.29, 0.717) is 12.0 Å². The summed E-state index contributed by atoms with van der Waals surface area (Å²) in [6.07, 6.45) is 2.48. The molecule has 0 bridgehead atoms. The normalized spacial score (nSPS) is 18.3. The molecule has 0 unspecified atom stereocenters. The van der Waals surface area contributed by atoms with E-state index in [0.717, 1.165) is 17.3 Å². The zero-order valence-electron chi connectivity index (χ0n) is 7.49. The molecule has 1 aliphatic carbocycles. The van der Waals surface area contributed by atoms with Gasteiger partial charge in [0, 0.05) is 15.6 Å². The third kappa shape index (κ3) is 1.95. The molecule has 1 aromatic carbocycles. The Morgan fingerprint density at radius 1 is 1.50 bits per heavy atom. The zero-order chi connectivity index (χ0) is 10.3. The van der Waals surface area contributed by atoms with Gasteiger partial charge in [0.15, 0.2) is 0 Å². The highest BCUT2D eigenvalue weighted by molar-refractivity contribution is 9.10. The first kappa shape index (κ1) is 10.4. The standard InChI is InChI=1S/C10H10BrClFN/c11-7-1-2-8(12)9(13)6(7)5-10(14)3-4-10/h1-2H,3-5,14H2. The van der Waals surface area contributed by atoms with Crippen molar-refractivity contribution in [2.45, 2.75) is 24.8 Å². The topological polar surface area (TPSA) is 26.0 Å². The van der Waals surface area contributed by atoms with Crippen molar-refractivity contribution in [3.8, 4) is 0 Å². The highest BCUT2D eigenvalue weighted by Gasteiger charge is 2.39. The highest BCUT2D eigenvalue weighted by Crippen LogP contribution is 2.38. The van der Waals surface area contributed by atoms with Gasteiger partial charge in [-0.3, -0.25) is 0 Å². The van der Waals surface area contributed by atoms with Gasteiger partial charge in [0.2, 0.25) is 0 Å². The minimum atomic E-state index is -0.349. The van der Waals surface area contributed by atoms with Crippen molar-refractivity contribution >= 4 is 27.5 Å². The molecule has 76 valence electrons. The van der Waals surface area contributed by atoms with Crippen LogP contribution in [-0.4, -0.2) is 5.54 Å². The Morgan fingerprint density at radius 2 is 2.14 bits per heavy atom. The molecular weight excluding hydrogens is 268 g/mol. The molecule has 1 aliphatic rings. The van der Waals surface area contributed by atoms with Gasteiger partial charge in [-0.2, -0.15) is 0 Å². The SMILES string of the molecule is NC1(Cc2c(Br)ccc(Cl)c2F)CC1. The number of hydrogen-bond donors (Lipinski definition) is 1. The van der Waals surface area contributed by atoms with Crippen LogP contribution in [0.1, 0.15) is 18.4 Å². The molecule has 0 atom stereocenters. The summed E-state index contributed by atoms with van der Waals surface area (Å²) in [6.45, 7) is 0. The van der Waals surface area contributed by atoms with E-state index in [9.17, 15) is 4.39 Å². The number of nitrogens with two attached hydrogens (primary N) is 1. The van der Waals surface area contributed by atoms with Crippen molar-refractivity contribution in [3.05, 3.63) is 33.0 Å². The fourth-order valence-corrected chi connectivity index (χ4v) is 2.04. The summed E-state index contributed by atoms with van der Waals surface area (Å²) in [5, 5.41) is 0.160. The Labute approximate surface area is 95.6 Å². The van der Waals surface area contributed by atoms with Crippen molar-refractivity contribution in [3.63, 3.8) is 0 Å². The van der Waals surface area contributed by atoms with Crippen LogP contribution in [0.4, 0.5) is 4.39 Å². The van der Waals surface area contributed by atoms with Crippen LogP contribution in [0.15, 0.2) is 16.6 Å². The van der Waals surface area contributed by atoms with Gasteiger partial charge in [-0.25, -0.2) is 4.39 Å². The van der Waals surface area contributed by atoms with Crippen LogP contribution in [0.5, 0.6) is 0 Å². The van der Waals surface area contributed by atoms with Gasteiger partial charge in [0.05, 0.1) is 5.02 Å². The second kappa shape index (κ2) is 3.47. The summed E-state index contributed by atoms with van der Waals surface area (Å²) in [6, 6.07) is 3.30. The van der Waals surface area contributed by atoms with E-state index >= 15 is 0 Å². The van der Waals surface area contributed by atoms with E-state index in [4.69, 9.17) is 17.3 Å². The summed E-state index contributed by atoms with van der Waals surface area (Å²) < 4.78 is 14.3. The molecule has 4 heteroatoms. The number of hydrogen-bond acceptors (Lipinski definition) is 1. The van der Waals surface area contributed by atoms with Gasteiger partial charge >= 0.3 is 0 Å². The molecule has 2 rings (SSSR count). The zero-order valence-corrected chi connectivity index (χ0v) is 9.83. The predicted molar refractivity (Wildman–Crippen MR) is 59.0 cm³/mol. The van der Waals surface area contributed by atoms with E-state index in [1.165, 1.54) is 0 Å². The maximum atomic E-state index is 13.6. The Hall–Kier alpha value is -0.120. The Morgan fingerprint density at radius 3 is 2.71 bits per heavy atom. The summed E-state index contributed by atoms with van der Waals surface area (Å²) >= 11 is 9.01. The molecule has 0 heterocycles. The van der Waals surface area contributed by atoms with Crippen molar-refractivity contribution in [1.82, 2.24) is 0 Å². The molecule has 0 spiro atoms. The van der Waals surface area contributed by atoms with Crippen LogP contribution < -0.4 is 5.73 Å². The number of benzene rings is 1. The van der Waals surface area contributed by atoms with Gasteiger partial charge in [0.25, 0.3) is 0 Å². The minimum absolute atomic E-state index is 0.160. The Kier molecular flexibility index (Phi) is 2.58. The molecule has 1 nitrogen and oxygen atoms in total. The molecule has 1 fully saturated rings. The van der Waals surface area contributed by atoms with Gasteiger partial charge < -0.3 is 5.73 Å². The second-order valence-corrected chi connectivity index (χ2v) is 5.12. The van der Waals surface area contributed by atoms with E-state index in [1.807, 2.05) is 0 Å². The molecule has 1 aromatic rings. The van der Waals surface area contributed by atoms with E-state index in [1.54, 1.807) is 12.1 Å². The van der Waals surface area contributed by atoms with Gasteiger partial charge in [-0.1, -0.05) is 27.5 Å². The Bertz CT molecular complexity index is 377. The highest BCUT2D eigenvalue weighted by atomic mass is 79.9. The molecule has 0 radical (unpaired) electrons. The van der Waals surface area contributed by atoms with Crippen LogP contribution in [0.2, 0.25) is 5.02 Å². The summed E-state index contributed by atoms with van der Waals surface area (Å²) in [5.41, 5.74) is 6.33. The summed E-state index contributed by atoms with van der Waals surface area (Å²) in [4.78, 5) is 0. The van der Waals surface area contributed by atoms with Crippen LogP contribution in [0.25, 0.3) is 0 Å². The quantitative estimate of drug-likeness (QED) is 0.826. The van der Waals surface area contributed by atoms with Gasteiger partial charge in [0.1, 0.15) is 5.82 Å². The first-order chi connectivity index (χ1) is 6.52. The average molecular weight is 279 g/mol. The van der Waals surface area contributed by atoms with Crippen LogP contribution in [-0.2, 0) is 6.42 Å². The third-order valence-corrected chi connectivity index (χ3v) is 3.59. The average Bonchev–Trinajstić information content (AvgIpc) is 2.86. The maximum absolute atomic E-state index is 13.6. The largest absolute Gasteiger partial charge is 0.325 e. The van der Waals surface area contributed by atoms with Crippen molar-refractivity contribution in [2.75, 3.05) is 0 Å². The molecule has 0 aromatic heterocycles. The lowest BCUT2D eigenvalue weighted by molar-refractivity contribution is 0.581. The van der Waals surface area contributed by atoms with Gasteiger partial charge in [-0.05, 0) is 31.4 Å². The van der Waals surface area contributed by atoms with E-state index in [-0.39, 0.29) is 16.4 Å². The molecular formula is C10H10BrClFN. The molecule has 0 amide bonds. The summed E-state index contributed by atoms with van der Waals surface area (Å²) in [7, 11) is 0. The van der Waals surface area contributed by atoms with Crippen LogP contribution >= 0.6 is 27.5 Å². The second-order valence-electron chi connectivity index (χ2n) is 3.86. The lowest BCUT2D eigenvalue weighted by Crippen LogP contribution is -2.25. The van der Waals surface area contributed by atoms with Crippen molar-refractivity contribution in [2.24, 2.45) is 5.73 Å². The fraction of sp³-hybridized carbons (Fsp3) is 0.400. The smallest absolute Gasteiger partial charge is 0.146 e. The van der Waals surface area contributed by atoms with E-state index < -0.39 is 0 Å². The summed E-state index contributed by atoms with van der Waals surface area (Å²) in [5.74, 6) is -0.349. The van der Waals surface area contributed by atoms with Crippen molar-refractivity contribution < 1.29 is 4.39 Å². The van der Waals surface area contributed by atoms with Crippen LogP contribution in [0, 0.1) is 5.82 Å². The first-order valence-electron chi connectivity index (χ1n) is 4.43. The lowest BCUT2D eigenvalue weighted by atomic mass is 10.0. The third-order valence-electron chi connectivity index (χ3n) is 2.56.